The lowest BCUT2D eigenvalue weighted by Gasteiger charge is -2.31. The van der Waals surface area contributed by atoms with E-state index < -0.39 is 22.1 Å². The van der Waals surface area contributed by atoms with Crippen LogP contribution in [-0.4, -0.2) is 41.3 Å². The third-order valence-electron chi connectivity index (χ3n) is 7.53. The molecule has 6 heteroatoms. The van der Waals surface area contributed by atoms with Crippen molar-refractivity contribution in [3.05, 3.63) is 12.2 Å². The predicted molar refractivity (Wildman–Crippen MR) is 157 cm³/mol. The first kappa shape index (κ1) is 34.1. The SMILES string of the molecule is C=C(CC(=O)OCCC[Si](CCC)(CCC)CCC)C(=O)OCCC[Si](CCC)(CCC)CCC. The van der Waals surface area contributed by atoms with Gasteiger partial charge in [-0.15, -0.1) is 0 Å². The fourth-order valence-electron chi connectivity index (χ4n) is 6.33. The molecule has 0 aliphatic heterocycles. The molecule has 0 aromatic rings. The van der Waals surface area contributed by atoms with Crippen molar-refractivity contribution in [2.45, 2.75) is 148 Å². The van der Waals surface area contributed by atoms with Crippen molar-refractivity contribution >= 4 is 28.1 Å². The number of rotatable bonds is 23. The molecule has 0 spiro atoms. The number of carbonyl (C=O) groups is 2. The highest BCUT2D eigenvalue weighted by atomic mass is 28.3. The molecule has 0 amide bonds. The molecule has 0 unspecified atom stereocenters. The highest BCUT2D eigenvalue weighted by Crippen LogP contribution is 2.32. The molecule has 0 saturated heterocycles. The molecule has 0 heterocycles. The lowest BCUT2D eigenvalue weighted by molar-refractivity contribution is -0.146. The van der Waals surface area contributed by atoms with Crippen molar-refractivity contribution in [1.29, 1.82) is 0 Å². The monoisotopic (exact) mass is 526 g/mol. The topological polar surface area (TPSA) is 52.6 Å². The van der Waals surface area contributed by atoms with Crippen LogP contribution in [0.15, 0.2) is 12.2 Å². The molecular weight excluding hydrogens is 468 g/mol. The van der Waals surface area contributed by atoms with Crippen LogP contribution in [0.4, 0.5) is 0 Å². The molecule has 35 heavy (non-hydrogen) atoms. The first-order valence-corrected chi connectivity index (χ1v) is 20.4. The van der Waals surface area contributed by atoms with Gasteiger partial charge in [0.1, 0.15) is 0 Å². The normalized spacial score (nSPS) is 11.9. The van der Waals surface area contributed by atoms with Crippen molar-refractivity contribution in [1.82, 2.24) is 0 Å². The Morgan fingerprint density at radius 3 is 1.26 bits per heavy atom. The van der Waals surface area contributed by atoms with Crippen LogP contribution in [0, 0.1) is 0 Å². The summed E-state index contributed by atoms with van der Waals surface area (Å²) in [6, 6.07) is 10.7. The van der Waals surface area contributed by atoms with E-state index in [0.717, 1.165) is 12.8 Å². The number of esters is 2. The van der Waals surface area contributed by atoms with E-state index in [1.807, 2.05) is 0 Å². The third kappa shape index (κ3) is 14.4. The van der Waals surface area contributed by atoms with E-state index in [4.69, 9.17) is 9.47 Å². The summed E-state index contributed by atoms with van der Waals surface area (Å²) in [5.74, 6) is -0.808. The minimum absolute atomic E-state index is 0.0690. The molecule has 0 bridgehead atoms. The first-order valence-electron chi connectivity index (χ1n) is 14.8. The first-order chi connectivity index (χ1) is 16.8. The minimum Gasteiger partial charge on any atom is -0.465 e. The predicted octanol–water partition coefficient (Wildman–Crippen LogP) is 9.16. The molecule has 0 atom stereocenters. The lowest BCUT2D eigenvalue weighted by Crippen LogP contribution is -2.33. The van der Waals surface area contributed by atoms with E-state index >= 15 is 0 Å². The minimum atomic E-state index is -1.25. The molecule has 0 aliphatic rings. The molecule has 0 saturated carbocycles. The Morgan fingerprint density at radius 2 is 0.914 bits per heavy atom. The van der Waals surface area contributed by atoms with Gasteiger partial charge in [0.05, 0.1) is 35.8 Å². The van der Waals surface area contributed by atoms with E-state index in [-0.39, 0.29) is 18.0 Å². The molecule has 0 aromatic heterocycles. The largest absolute Gasteiger partial charge is 0.465 e. The van der Waals surface area contributed by atoms with Crippen LogP contribution < -0.4 is 0 Å². The van der Waals surface area contributed by atoms with Gasteiger partial charge in [-0.05, 0) is 12.8 Å². The van der Waals surface area contributed by atoms with E-state index in [1.54, 1.807) is 0 Å². The Morgan fingerprint density at radius 1 is 0.571 bits per heavy atom. The quantitative estimate of drug-likeness (QED) is 0.0576. The average Bonchev–Trinajstić information content (AvgIpc) is 2.80. The summed E-state index contributed by atoms with van der Waals surface area (Å²) >= 11 is 0. The highest BCUT2D eigenvalue weighted by molar-refractivity contribution is 6.80. The van der Waals surface area contributed by atoms with Crippen molar-refractivity contribution in [2.75, 3.05) is 13.2 Å². The Kier molecular flexibility index (Phi) is 19.7. The van der Waals surface area contributed by atoms with Crippen molar-refractivity contribution in [3.63, 3.8) is 0 Å². The molecular formula is C29H58O4Si2. The number of hydrogen-bond acceptors (Lipinski definition) is 4. The fraction of sp³-hybridized carbons (Fsp3) is 0.862. The van der Waals surface area contributed by atoms with Gasteiger partial charge in [0.2, 0.25) is 0 Å². The molecule has 0 N–H and O–H groups in total. The van der Waals surface area contributed by atoms with E-state index in [2.05, 4.69) is 48.1 Å². The maximum atomic E-state index is 12.3. The van der Waals surface area contributed by atoms with Crippen LogP contribution in [0.5, 0.6) is 0 Å². The van der Waals surface area contributed by atoms with Gasteiger partial charge in [-0.3, -0.25) is 4.79 Å². The molecule has 0 aromatic carbocycles. The van der Waals surface area contributed by atoms with Crippen molar-refractivity contribution in [2.24, 2.45) is 0 Å². The van der Waals surface area contributed by atoms with Gasteiger partial charge in [-0.1, -0.05) is 135 Å². The zero-order valence-electron chi connectivity index (χ0n) is 24.3. The maximum absolute atomic E-state index is 12.3. The van der Waals surface area contributed by atoms with Gasteiger partial charge >= 0.3 is 11.9 Å². The maximum Gasteiger partial charge on any atom is 0.333 e. The average molecular weight is 527 g/mol. The van der Waals surface area contributed by atoms with Crippen LogP contribution in [0.1, 0.15) is 99.3 Å². The highest BCUT2D eigenvalue weighted by Gasteiger charge is 2.30. The Balaban J connectivity index is 4.41. The van der Waals surface area contributed by atoms with Gasteiger partial charge < -0.3 is 9.47 Å². The number of hydrogen-bond donors (Lipinski definition) is 0. The zero-order valence-corrected chi connectivity index (χ0v) is 26.3. The number of ether oxygens (including phenoxy) is 2. The van der Waals surface area contributed by atoms with Crippen LogP contribution in [-0.2, 0) is 19.1 Å². The second-order valence-electron chi connectivity index (χ2n) is 10.8. The van der Waals surface area contributed by atoms with Crippen molar-refractivity contribution < 1.29 is 19.1 Å². The third-order valence-corrected chi connectivity index (χ3v) is 19.7. The van der Waals surface area contributed by atoms with Crippen LogP contribution in [0.3, 0.4) is 0 Å². The fourth-order valence-corrected chi connectivity index (χ4v) is 17.5. The van der Waals surface area contributed by atoms with E-state index in [0.29, 0.717) is 13.2 Å². The summed E-state index contributed by atoms with van der Waals surface area (Å²) in [6.45, 7) is 18.4. The molecule has 0 fully saturated rings. The summed E-state index contributed by atoms with van der Waals surface area (Å²) in [6.07, 6.45) is 9.33. The standard InChI is InChI=1S/C29H58O4Si2/c1-8-18-34(19-9-2,20-10-3)24-14-16-32-28(30)26-27(7)29(31)33-17-15-25-35(21-11-4,22-12-5)23-13-6/h7-26H2,1-6H3. The summed E-state index contributed by atoms with van der Waals surface area (Å²) in [5.41, 5.74) is 0.209. The van der Waals surface area contributed by atoms with Gasteiger partial charge in [0, 0.05) is 5.57 Å². The Labute approximate surface area is 220 Å². The van der Waals surface area contributed by atoms with Gasteiger partial charge in [-0.2, -0.15) is 0 Å². The lowest BCUT2D eigenvalue weighted by atomic mass is 10.2. The molecule has 0 aliphatic carbocycles. The van der Waals surface area contributed by atoms with Gasteiger partial charge in [-0.25, -0.2) is 4.79 Å². The second-order valence-corrected chi connectivity index (χ2v) is 20.8. The second kappa shape index (κ2) is 20.2. The summed E-state index contributed by atoms with van der Waals surface area (Å²) in [7, 11) is -2.50. The van der Waals surface area contributed by atoms with Crippen LogP contribution >= 0.6 is 0 Å². The summed E-state index contributed by atoms with van der Waals surface area (Å²) in [4.78, 5) is 24.6. The zero-order chi connectivity index (χ0) is 26.6. The van der Waals surface area contributed by atoms with Crippen LogP contribution in [0.2, 0.25) is 48.4 Å². The molecule has 0 radical (unpaired) electrons. The van der Waals surface area contributed by atoms with Gasteiger partial charge in [0.25, 0.3) is 0 Å². The molecule has 0 rings (SSSR count). The van der Waals surface area contributed by atoms with Crippen molar-refractivity contribution in [3.8, 4) is 0 Å². The van der Waals surface area contributed by atoms with Gasteiger partial charge in [0.15, 0.2) is 0 Å². The number of carbonyl (C=O) groups excluding carboxylic acids is 2. The summed E-state index contributed by atoms with van der Waals surface area (Å²) < 4.78 is 10.9. The molecule has 4 nitrogen and oxygen atoms in total. The van der Waals surface area contributed by atoms with E-state index in [1.165, 1.54) is 86.9 Å². The van der Waals surface area contributed by atoms with E-state index in [9.17, 15) is 9.59 Å². The van der Waals surface area contributed by atoms with Crippen LogP contribution in [0.25, 0.3) is 0 Å². The smallest absolute Gasteiger partial charge is 0.333 e. The summed E-state index contributed by atoms with van der Waals surface area (Å²) in [5, 5.41) is 0. The Hall–Kier alpha value is -0.886. The Bertz CT molecular complexity index is 557. The molecule has 206 valence electrons.